The monoisotopic (exact) mass is 425 g/mol. The summed E-state index contributed by atoms with van der Waals surface area (Å²) in [6, 6.07) is 13.6. The fourth-order valence-corrected chi connectivity index (χ4v) is 3.08. The van der Waals surface area contributed by atoms with Crippen molar-refractivity contribution in [2.45, 2.75) is 6.42 Å². The second-order valence-electron chi connectivity index (χ2n) is 6.70. The Labute approximate surface area is 179 Å². The van der Waals surface area contributed by atoms with Gasteiger partial charge in [0.25, 0.3) is 17.7 Å². The van der Waals surface area contributed by atoms with E-state index < -0.39 is 11.8 Å². The molecule has 0 unspecified atom stereocenters. The number of fused-ring (bicyclic) bond motifs is 1. The van der Waals surface area contributed by atoms with Crippen LogP contribution >= 0.6 is 0 Å². The van der Waals surface area contributed by atoms with Crippen molar-refractivity contribution in [2.75, 3.05) is 33.4 Å². The van der Waals surface area contributed by atoms with Gasteiger partial charge < -0.3 is 20.1 Å². The van der Waals surface area contributed by atoms with Crippen LogP contribution < -0.4 is 20.1 Å². The Morgan fingerprint density at radius 2 is 1.39 bits per heavy atom. The molecule has 31 heavy (non-hydrogen) atoms. The van der Waals surface area contributed by atoms with E-state index >= 15 is 0 Å². The number of carbonyl (C=O) groups is 4. The first-order valence-electron chi connectivity index (χ1n) is 9.75. The van der Waals surface area contributed by atoms with Crippen LogP contribution in [-0.4, -0.2) is 61.9 Å². The number of amides is 4. The van der Waals surface area contributed by atoms with Crippen molar-refractivity contribution < 1.29 is 28.7 Å². The topological polar surface area (TPSA) is 114 Å². The van der Waals surface area contributed by atoms with Gasteiger partial charge in [0.1, 0.15) is 0 Å². The Morgan fingerprint density at radius 1 is 0.839 bits per heavy atom. The number of hydrogen-bond donors (Lipinski definition) is 2. The summed E-state index contributed by atoms with van der Waals surface area (Å²) in [6.07, 6.45) is -0.0175. The third-order valence-electron chi connectivity index (χ3n) is 4.64. The number of hydrogen-bond acceptors (Lipinski definition) is 6. The van der Waals surface area contributed by atoms with Crippen LogP contribution in [-0.2, 0) is 9.59 Å². The van der Waals surface area contributed by atoms with E-state index in [1.807, 2.05) is 0 Å². The van der Waals surface area contributed by atoms with Crippen molar-refractivity contribution in [3.8, 4) is 11.5 Å². The van der Waals surface area contributed by atoms with Crippen LogP contribution in [0.1, 0.15) is 27.1 Å². The summed E-state index contributed by atoms with van der Waals surface area (Å²) in [6.45, 7) is 0.236. The lowest BCUT2D eigenvalue weighted by Crippen LogP contribution is -2.38. The summed E-state index contributed by atoms with van der Waals surface area (Å²) >= 11 is 0. The lowest BCUT2D eigenvalue weighted by atomic mass is 10.1. The van der Waals surface area contributed by atoms with Gasteiger partial charge in [-0.1, -0.05) is 24.3 Å². The number of nitrogens with zero attached hydrogens (tertiary/aromatic N) is 1. The number of carbonyl (C=O) groups excluding carboxylic acids is 4. The molecule has 162 valence electrons. The molecule has 0 fully saturated rings. The largest absolute Gasteiger partial charge is 0.493 e. The molecular weight excluding hydrogens is 402 g/mol. The zero-order valence-corrected chi connectivity index (χ0v) is 17.1. The molecule has 2 N–H and O–H groups in total. The smallest absolute Gasteiger partial charge is 0.261 e. The summed E-state index contributed by atoms with van der Waals surface area (Å²) in [5.41, 5.74) is 0.705. The number of imide groups is 1. The van der Waals surface area contributed by atoms with Crippen molar-refractivity contribution in [1.29, 1.82) is 0 Å². The quantitative estimate of drug-likeness (QED) is 0.434. The molecule has 0 atom stereocenters. The predicted molar refractivity (Wildman–Crippen MR) is 111 cm³/mol. The number of para-hydroxylation sites is 2. The van der Waals surface area contributed by atoms with Crippen molar-refractivity contribution in [1.82, 2.24) is 15.5 Å². The third kappa shape index (κ3) is 5.39. The molecule has 0 spiro atoms. The maximum absolute atomic E-state index is 12.3. The van der Waals surface area contributed by atoms with E-state index in [-0.39, 0.29) is 44.5 Å². The van der Waals surface area contributed by atoms with Crippen LogP contribution in [0, 0.1) is 0 Å². The molecule has 3 rings (SSSR count). The molecule has 0 bridgehead atoms. The summed E-state index contributed by atoms with van der Waals surface area (Å²) in [4.78, 5) is 49.5. The number of nitrogens with one attached hydrogen (secondary N) is 2. The number of methoxy groups -OCH3 is 1. The van der Waals surface area contributed by atoms with Gasteiger partial charge in [0.15, 0.2) is 18.1 Å². The minimum absolute atomic E-state index is 0.00269. The van der Waals surface area contributed by atoms with E-state index in [1.54, 1.807) is 48.5 Å². The molecule has 0 aromatic heterocycles. The first-order chi connectivity index (χ1) is 15.0. The second kappa shape index (κ2) is 10.2. The fraction of sp³-hybridized carbons (Fsp3) is 0.273. The summed E-state index contributed by atoms with van der Waals surface area (Å²) in [7, 11) is 1.51. The molecule has 0 aliphatic carbocycles. The van der Waals surface area contributed by atoms with E-state index in [4.69, 9.17) is 9.47 Å². The SMILES string of the molecule is COc1ccccc1OCC(=O)NCCNC(=O)CCN1C(=O)c2ccccc2C1=O. The van der Waals surface area contributed by atoms with Crippen LogP contribution in [0.2, 0.25) is 0 Å². The van der Waals surface area contributed by atoms with E-state index in [0.29, 0.717) is 22.6 Å². The molecule has 0 radical (unpaired) electrons. The third-order valence-corrected chi connectivity index (χ3v) is 4.64. The average Bonchev–Trinajstić information content (AvgIpc) is 3.04. The highest BCUT2D eigenvalue weighted by Gasteiger charge is 2.34. The lowest BCUT2D eigenvalue weighted by molar-refractivity contribution is -0.124. The highest BCUT2D eigenvalue weighted by Crippen LogP contribution is 2.25. The molecule has 1 aliphatic rings. The van der Waals surface area contributed by atoms with Gasteiger partial charge in [0.2, 0.25) is 5.91 Å². The van der Waals surface area contributed by atoms with E-state index in [9.17, 15) is 19.2 Å². The van der Waals surface area contributed by atoms with Gasteiger partial charge in [-0.3, -0.25) is 24.1 Å². The highest BCUT2D eigenvalue weighted by molar-refractivity contribution is 6.21. The standard InChI is InChI=1S/C22H23N3O6/c1-30-17-8-4-5-9-18(17)31-14-20(27)24-12-11-23-19(26)10-13-25-21(28)15-6-2-3-7-16(15)22(25)29/h2-9H,10-14H2,1H3,(H,23,26)(H,24,27). The van der Waals surface area contributed by atoms with Crippen LogP contribution in [0.3, 0.4) is 0 Å². The van der Waals surface area contributed by atoms with Crippen molar-refractivity contribution >= 4 is 23.6 Å². The van der Waals surface area contributed by atoms with E-state index in [0.717, 1.165) is 4.90 Å². The fourth-order valence-electron chi connectivity index (χ4n) is 3.08. The van der Waals surface area contributed by atoms with Crippen LogP contribution in [0.4, 0.5) is 0 Å². The zero-order chi connectivity index (χ0) is 22.2. The van der Waals surface area contributed by atoms with Gasteiger partial charge in [0.05, 0.1) is 18.2 Å². The van der Waals surface area contributed by atoms with Crippen LogP contribution in [0.5, 0.6) is 11.5 Å². The Morgan fingerprint density at radius 3 is 2.00 bits per heavy atom. The minimum atomic E-state index is -0.393. The van der Waals surface area contributed by atoms with Crippen LogP contribution in [0.25, 0.3) is 0 Å². The van der Waals surface area contributed by atoms with Gasteiger partial charge in [-0.25, -0.2) is 0 Å². The Balaban J connectivity index is 1.32. The highest BCUT2D eigenvalue weighted by atomic mass is 16.5. The zero-order valence-electron chi connectivity index (χ0n) is 17.1. The number of rotatable bonds is 10. The van der Waals surface area contributed by atoms with Gasteiger partial charge in [-0.05, 0) is 24.3 Å². The van der Waals surface area contributed by atoms with Gasteiger partial charge in [-0.2, -0.15) is 0 Å². The van der Waals surface area contributed by atoms with Crippen molar-refractivity contribution in [2.24, 2.45) is 0 Å². The first-order valence-corrected chi connectivity index (χ1v) is 9.75. The first kappa shape index (κ1) is 21.8. The van der Waals surface area contributed by atoms with Crippen molar-refractivity contribution in [3.63, 3.8) is 0 Å². The Hall–Kier alpha value is -3.88. The molecule has 9 nitrogen and oxygen atoms in total. The molecule has 9 heteroatoms. The Bertz CT molecular complexity index is 956. The Kier molecular flexibility index (Phi) is 7.21. The maximum Gasteiger partial charge on any atom is 0.261 e. The molecule has 2 aromatic carbocycles. The summed E-state index contributed by atoms with van der Waals surface area (Å²) in [5, 5.41) is 5.27. The number of ether oxygens (including phenoxy) is 2. The molecule has 0 saturated heterocycles. The minimum Gasteiger partial charge on any atom is -0.493 e. The summed E-state index contributed by atoms with van der Waals surface area (Å²) in [5.74, 6) is -0.462. The average molecular weight is 425 g/mol. The normalized spacial score (nSPS) is 12.4. The van der Waals surface area contributed by atoms with E-state index in [2.05, 4.69) is 10.6 Å². The van der Waals surface area contributed by atoms with E-state index in [1.165, 1.54) is 7.11 Å². The van der Waals surface area contributed by atoms with Gasteiger partial charge in [0, 0.05) is 26.1 Å². The summed E-state index contributed by atoms with van der Waals surface area (Å²) < 4.78 is 10.6. The molecule has 1 aliphatic heterocycles. The lowest BCUT2D eigenvalue weighted by Gasteiger charge is -2.13. The van der Waals surface area contributed by atoms with Crippen molar-refractivity contribution in [3.05, 3.63) is 59.7 Å². The molecule has 2 aromatic rings. The molecule has 0 saturated carbocycles. The predicted octanol–water partition coefficient (Wildman–Crippen LogP) is 0.993. The second-order valence-corrected chi connectivity index (χ2v) is 6.70. The molecular formula is C22H23N3O6. The number of benzene rings is 2. The molecule has 4 amide bonds. The molecule has 1 heterocycles. The maximum atomic E-state index is 12.3. The van der Waals surface area contributed by atoms with Crippen LogP contribution in [0.15, 0.2) is 48.5 Å². The van der Waals surface area contributed by atoms with Gasteiger partial charge in [-0.15, -0.1) is 0 Å². The van der Waals surface area contributed by atoms with Gasteiger partial charge >= 0.3 is 0 Å².